The van der Waals surface area contributed by atoms with Gasteiger partial charge in [-0.25, -0.2) is 0 Å². The Hall–Kier alpha value is -0.910. The number of hydrogen-bond acceptors (Lipinski definition) is 3. The maximum atomic E-state index is 10.8. The molecule has 0 bridgehead atoms. The fraction of sp³-hybridized carbons (Fsp3) is 0.562. The highest BCUT2D eigenvalue weighted by Crippen LogP contribution is 2.22. The van der Waals surface area contributed by atoms with Gasteiger partial charge in [-0.3, -0.25) is 14.6 Å². The van der Waals surface area contributed by atoms with Crippen molar-refractivity contribution in [3.05, 3.63) is 33.8 Å². The lowest BCUT2D eigenvalue weighted by molar-refractivity contribution is -0.138. The van der Waals surface area contributed by atoms with E-state index in [4.69, 9.17) is 5.11 Å². The lowest BCUT2D eigenvalue weighted by Crippen LogP contribution is -2.44. The van der Waals surface area contributed by atoms with Crippen LogP contribution in [0.4, 0.5) is 0 Å². The van der Waals surface area contributed by atoms with Crippen LogP contribution in [-0.4, -0.2) is 53.6 Å². The largest absolute Gasteiger partial charge is 0.480 e. The van der Waals surface area contributed by atoms with E-state index in [9.17, 15) is 4.79 Å². The van der Waals surface area contributed by atoms with Crippen LogP contribution in [0.2, 0.25) is 0 Å². The van der Waals surface area contributed by atoms with E-state index in [1.165, 1.54) is 15.6 Å². The third-order valence-electron chi connectivity index (χ3n) is 4.17. The molecule has 1 aromatic rings. The molecule has 1 aromatic carbocycles. The first-order valence-corrected chi connectivity index (χ1v) is 8.14. The van der Waals surface area contributed by atoms with Crippen LogP contribution in [0.25, 0.3) is 0 Å². The molecular formula is C16H23BrN2O2. The first kappa shape index (κ1) is 16.5. The van der Waals surface area contributed by atoms with Crippen LogP contribution < -0.4 is 0 Å². The Balaban J connectivity index is 1.85. The Bertz CT molecular complexity index is 499. The van der Waals surface area contributed by atoms with Gasteiger partial charge in [-0.15, -0.1) is 0 Å². The minimum atomic E-state index is -0.747. The summed E-state index contributed by atoms with van der Waals surface area (Å²) in [4.78, 5) is 15.2. The minimum Gasteiger partial charge on any atom is -0.480 e. The van der Waals surface area contributed by atoms with E-state index >= 15 is 0 Å². The lowest BCUT2D eigenvalue weighted by Gasteiger charge is -2.36. The summed E-state index contributed by atoms with van der Waals surface area (Å²) >= 11 is 3.64. The van der Waals surface area contributed by atoms with E-state index in [0.717, 1.165) is 32.5 Å². The second-order valence-corrected chi connectivity index (χ2v) is 6.77. The average molecular weight is 355 g/mol. The summed E-state index contributed by atoms with van der Waals surface area (Å²) in [5.74, 6) is -0.747. The predicted octanol–water partition coefficient (Wildman–Crippen LogP) is 2.74. The van der Waals surface area contributed by atoms with Crippen molar-refractivity contribution in [1.82, 2.24) is 9.80 Å². The van der Waals surface area contributed by atoms with Crippen LogP contribution in [0.1, 0.15) is 24.0 Å². The van der Waals surface area contributed by atoms with E-state index in [1.807, 2.05) is 11.9 Å². The Morgan fingerprint density at radius 1 is 1.43 bits per heavy atom. The van der Waals surface area contributed by atoms with Gasteiger partial charge in [0.05, 0.1) is 6.54 Å². The number of likely N-dealkylation sites (tertiary alicyclic amines) is 1. The van der Waals surface area contributed by atoms with Gasteiger partial charge in [-0.2, -0.15) is 0 Å². The highest BCUT2D eigenvalue weighted by Gasteiger charge is 2.23. The van der Waals surface area contributed by atoms with Gasteiger partial charge in [0.2, 0.25) is 0 Å². The number of benzene rings is 1. The number of carbonyl (C=O) groups is 1. The zero-order valence-corrected chi connectivity index (χ0v) is 14.3. The first-order valence-electron chi connectivity index (χ1n) is 7.35. The second kappa shape index (κ2) is 7.38. The fourth-order valence-electron chi connectivity index (χ4n) is 2.88. The number of nitrogens with zero attached hydrogens (tertiary/aromatic N) is 2. The van der Waals surface area contributed by atoms with E-state index < -0.39 is 5.97 Å². The molecule has 1 heterocycles. The van der Waals surface area contributed by atoms with E-state index in [1.54, 1.807) is 0 Å². The summed E-state index contributed by atoms with van der Waals surface area (Å²) in [7, 11) is 1.91. The molecule has 5 heteroatoms. The standard InChI is InChI=1S/C16H23BrN2O2/c1-12-3-4-13(15(17)9-12)10-19-7-5-14(6-8-19)18(2)11-16(20)21/h3-4,9,14H,5-8,10-11H2,1-2H3,(H,20,21). The zero-order chi connectivity index (χ0) is 15.4. The van der Waals surface area contributed by atoms with Crippen LogP contribution in [0.15, 0.2) is 22.7 Å². The number of halogens is 1. The van der Waals surface area contributed by atoms with Gasteiger partial charge >= 0.3 is 5.97 Å². The van der Waals surface area contributed by atoms with Crippen molar-refractivity contribution in [2.45, 2.75) is 32.4 Å². The molecule has 4 nitrogen and oxygen atoms in total. The predicted molar refractivity (Wildman–Crippen MR) is 87.4 cm³/mol. The number of likely N-dealkylation sites (N-methyl/N-ethyl adjacent to an activating group) is 1. The van der Waals surface area contributed by atoms with Crippen molar-refractivity contribution in [3.8, 4) is 0 Å². The van der Waals surface area contributed by atoms with Gasteiger partial charge in [0.1, 0.15) is 0 Å². The van der Waals surface area contributed by atoms with Crippen molar-refractivity contribution < 1.29 is 9.90 Å². The third kappa shape index (κ3) is 4.80. The highest BCUT2D eigenvalue weighted by molar-refractivity contribution is 9.10. The normalized spacial score (nSPS) is 17.3. The van der Waals surface area contributed by atoms with Crippen LogP contribution in [-0.2, 0) is 11.3 Å². The molecule has 0 aromatic heterocycles. The minimum absolute atomic E-state index is 0.133. The van der Waals surface area contributed by atoms with Crippen LogP contribution in [0.5, 0.6) is 0 Å². The monoisotopic (exact) mass is 354 g/mol. The van der Waals surface area contributed by atoms with Crippen molar-refractivity contribution in [3.63, 3.8) is 0 Å². The molecule has 0 radical (unpaired) electrons. The molecule has 0 saturated carbocycles. The average Bonchev–Trinajstić information content (AvgIpc) is 2.42. The van der Waals surface area contributed by atoms with Gasteiger partial charge in [-0.05, 0) is 57.1 Å². The molecule has 2 rings (SSSR count). The molecule has 0 atom stereocenters. The molecule has 0 spiro atoms. The molecule has 1 fully saturated rings. The van der Waals surface area contributed by atoms with Crippen molar-refractivity contribution in [1.29, 1.82) is 0 Å². The highest BCUT2D eigenvalue weighted by atomic mass is 79.9. The molecule has 116 valence electrons. The number of piperidine rings is 1. The zero-order valence-electron chi connectivity index (χ0n) is 12.7. The SMILES string of the molecule is Cc1ccc(CN2CCC(N(C)CC(=O)O)CC2)c(Br)c1. The molecular weight excluding hydrogens is 332 g/mol. The molecule has 0 amide bonds. The van der Waals surface area contributed by atoms with Crippen molar-refractivity contribution >= 4 is 21.9 Å². The maximum Gasteiger partial charge on any atom is 0.317 e. The Morgan fingerprint density at radius 3 is 2.67 bits per heavy atom. The summed E-state index contributed by atoms with van der Waals surface area (Å²) in [5, 5.41) is 8.86. The van der Waals surface area contributed by atoms with Gasteiger partial charge in [0.25, 0.3) is 0 Å². The Labute approximate surface area is 134 Å². The third-order valence-corrected chi connectivity index (χ3v) is 4.91. The molecule has 21 heavy (non-hydrogen) atoms. The van der Waals surface area contributed by atoms with E-state index in [-0.39, 0.29) is 6.54 Å². The number of rotatable bonds is 5. The fourth-order valence-corrected chi connectivity index (χ4v) is 3.50. The van der Waals surface area contributed by atoms with Gasteiger partial charge in [0.15, 0.2) is 0 Å². The van der Waals surface area contributed by atoms with Crippen LogP contribution in [0, 0.1) is 6.92 Å². The maximum absolute atomic E-state index is 10.8. The topological polar surface area (TPSA) is 43.8 Å². The molecule has 1 saturated heterocycles. The van der Waals surface area contributed by atoms with Crippen LogP contribution >= 0.6 is 15.9 Å². The Kier molecular flexibility index (Phi) is 5.79. The first-order chi connectivity index (χ1) is 9.95. The molecule has 1 N–H and O–H groups in total. The smallest absolute Gasteiger partial charge is 0.317 e. The summed E-state index contributed by atoms with van der Waals surface area (Å²) in [6, 6.07) is 6.87. The van der Waals surface area contributed by atoms with Gasteiger partial charge in [-0.1, -0.05) is 28.1 Å². The molecule has 0 unspecified atom stereocenters. The number of hydrogen-bond donors (Lipinski definition) is 1. The lowest BCUT2D eigenvalue weighted by atomic mass is 10.0. The Morgan fingerprint density at radius 2 is 2.10 bits per heavy atom. The number of carboxylic acid groups (broad SMARTS) is 1. The molecule has 1 aliphatic rings. The summed E-state index contributed by atoms with van der Waals surface area (Å²) in [5.41, 5.74) is 2.58. The van der Waals surface area contributed by atoms with Crippen molar-refractivity contribution in [2.75, 3.05) is 26.7 Å². The number of aryl methyl sites for hydroxylation is 1. The summed E-state index contributed by atoms with van der Waals surface area (Å²) < 4.78 is 1.17. The quantitative estimate of drug-likeness (QED) is 0.882. The van der Waals surface area contributed by atoms with Gasteiger partial charge < -0.3 is 5.11 Å². The van der Waals surface area contributed by atoms with Crippen molar-refractivity contribution in [2.24, 2.45) is 0 Å². The van der Waals surface area contributed by atoms with Crippen LogP contribution in [0.3, 0.4) is 0 Å². The number of carboxylic acids is 1. The molecule has 1 aliphatic heterocycles. The number of aliphatic carboxylic acids is 1. The van der Waals surface area contributed by atoms with Gasteiger partial charge in [0, 0.05) is 17.1 Å². The van der Waals surface area contributed by atoms with E-state index in [2.05, 4.69) is 46.0 Å². The summed E-state index contributed by atoms with van der Waals surface area (Å²) in [6.45, 7) is 5.23. The van der Waals surface area contributed by atoms with E-state index in [0.29, 0.717) is 6.04 Å². The molecule has 0 aliphatic carbocycles. The second-order valence-electron chi connectivity index (χ2n) is 5.91. The summed E-state index contributed by atoms with van der Waals surface area (Å²) in [6.07, 6.45) is 2.07.